The van der Waals surface area contributed by atoms with Crippen molar-refractivity contribution >= 4 is 34.6 Å². The topological polar surface area (TPSA) is 87.0 Å². The lowest BCUT2D eigenvalue weighted by Crippen LogP contribution is -1.97. The van der Waals surface area contributed by atoms with Crippen molar-refractivity contribution in [3.05, 3.63) is 102 Å². The van der Waals surface area contributed by atoms with Crippen LogP contribution in [-0.4, -0.2) is 28.4 Å². The fourth-order valence-corrected chi connectivity index (χ4v) is 3.31. The molecule has 0 aliphatic rings. The highest BCUT2D eigenvalue weighted by Gasteiger charge is 2.11. The lowest BCUT2D eigenvalue weighted by Gasteiger charge is -2.08. The summed E-state index contributed by atoms with van der Waals surface area (Å²) in [6.07, 6.45) is 1.72. The summed E-state index contributed by atoms with van der Waals surface area (Å²) >= 11 is 0. The number of hydrogen-bond donors (Lipinski definition) is 2. The summed E-state index contributed by atoms with van der Waals surface area (Å²) in [5.74, 6) is -2.04. The van der Waals surface area contributed by atoms with Crippen LogP contribution >= 0.6 is 0 Å². The van der Waals surface area contributed by atoms with E-state index in [0.717, 1.165) is 21.9 Å². The summed E-state index contributed by atoms with van der Waals surface area (Å²) in [7, 11) is 0. The van der Waals surface area contributed by atoms with Gasteiger partial charge in [-0.15, -0.1) is 0 Å². The van der Waals surface area contributed by atoms with Crippen molar-refractivity contribution < 1.29 is 19.8 Å². The molecule has 0 amide bonds. The Labute approximate surface area is 172 Å². The van der Waals surface area contributed by atoms with Crippen LogP contribution in [0.3, 0.4) is 0 Å². The number of carboxylic acids is 2. The Morgan fingerprint density at radius 3 is 2.13 bits per heavy atom. The second-order valence-corrected chi connectivity index (χ2v) is 6.75. The minimum Gasteiger partial charge on any atom is -0.478 e. The number of benzene rings is 4. The third-order valence-electron chi connectivity index (χ3n) is 4.85. The van der Waals surface area contributed by atoms with Crippen molar-refractivity contribution in [2.75, 3.05) is 0 Å². The summed E-state index contributed by atoms with van der Waals surface area (Å²) in [6.45, 7) is 0. The molecule has 5 nitrogen and oxygen atoms in total. The van der Waals surface area contributed by atoms with Gasteiger partial charge in [0.1, 0.15) is 0 Å². The molecular formula is C25H17NO4. The van der Waals surface area contributed by atoms with Gasteiger partial charge in [0, 0.05) is 17.3 Å². The van der Waals surface area contributed by atoms with Gasteiger partial charge >= 0.3 is 11.9 Å². The summed E-state index contributed by atoms with van der Waals surface area (Å²) in [4.78, 5) is 27.2. The molecule has 0 fully saturated rings. The van der Waals surface area contributed by atoms with Gasteiger partial charge in [-0.05, 0) is 40.6 Å². The van der Waals surface area contributed by atoms with Crippen LogP contribution in [0.4, 0.5) is 5.69 Å². The summed E-state index contributed by atoms with van der Waals surface area (Å²) in [6, 6.07) is 25.0. The number of aromatic carboxylic acids is 2. The van der Waals surface area contributed by atoms with Crippen molar-refractivity contribution in [3.8, 4) is 11.1 Å². The number of carbonyl (C=O) groups is 2. The maximum Gasteiger partial charge on any atom is 0.335 e. The van der Waals surface area contributed by atoms with Gasteiger partial charge in [0.15, 0.2) is 0 Å². The molecule has 5 heteroatoms. The Hall–Kier alpha value is -4.25. The third kappa shape index (κ3) is 3.82. The second kappa shape index (κ2) is 8.01. The van der Waals surface area contributed by atoms with Crippen LogP contribution in [0.25, 0.3) is 21.9 Å². The van der Waals surface area contributed by atoms with Crippen molar-refractivity contribution in [2.24, 2.45) is 4.99 Å². The maximum atomic E-state index is 11.5. The van der Waals surface area contributed by atoms with Gasteiger partial charge in [-0.2, -0.15) is 0 Å². The Balaban J connectivity index is 1.80. The van der Waals surface area contributed by atoms with Crippen molar-refractivity contribution in [2.45, 2.75) is 0 Å². The number of fused-ring (bicyclic) bond motifs is 1. The first-order valence-electron chi connectivity index (χ1n) is 9.26. The fourth-order valence-electron chi connectivity index (χ4n) is 3.31. The monoisotopic (exact) mass is 395 g/mol. The Morgan fingerprint density at radius 2 is 1.40 bits per heavy atom. The Bertz CT molecular complexity index is 1290. The zero-order valence-electron chi connectivity index (χ0n) is 15.8. The molecule has 0 saturated heterocycles. The second-order valence-electron chi connectivity index (χ2n) is 6.75. The first-order chi connectivity index (χ1) is 14.5. The molecule has 4 aromatic rings. The molecular weight excluding hydrogens is 378 g/mol. The summed E-state index contributed by atoms with van der Waals surface area (Å²) in [5, 5.41) is 20.6. The fraction of sp³-hybridized carbons (Fsp3) is 0. The SMILES string of the molecule is O=C(O)c1ccc(-c2ccc(C(=O)O)cc2N=Cc2cccc3ccccc23)cc1. The van der Waals surface area contributed by atoms with E-state index in [0.29, 0.717) is 11.3 Å². The van der Waals surface area contributed by atoms with Gasteiger partial charge in [0.05, 0.1) is 16.8 Å². The number of hydrogen-bond acceptors (Lipinski definition) is 3. The van der Waals surface area contributed by atoms with Crippen LogP contribution < -0.4 is 0 Å². The van der Waals surface area contributed by atoms with Gasteiger partial charge in [-0.25, -0.2) is 9.59 Å². The standard InChI is InChI=1S/C25H17NO4/c27-24(28)18-10-8-17(9-11-18)22-13-12-19(25(29)30)14-23(22)26-15-20-6-3-5-16-4-1-2-7-21(16)20/h1-15H,(H,27,28)(H,29,30). The van der Waals surface area contributed by atoms with Crippen LogP contribution in [0, 0.1) is 0 Å². The first-order valence-corrected chi connectivity index (χ1v) is 9.26. The average Bonchev–Trinajstić information content (AvgIpc) is 2.77. The predicted molar refractivity (Wildman–Crippen MR) is 117 cm³/mol. The number of carboxylic acid groups (broad SMARTS) is 2. The van der Waals surface area contributed by atoms with Crippen molar-refractivity contribution in [1.29, 1.82) is 0 Å². The molecule has 30 heavy (non-hydrogen) atoms. The van der Waals surface area contributed by atoms with E-state index in [4.69, 9.17) is 5.11 Å². The summed E-state index contributed by atoms with van der Waals surface area (Å²) < 4.78 is 0. The van der Waals surface area contributed by atoms with E-state index in [9.17, 15) is 14.7 Å². The highest BCUT2D eigenvalue weighted by Crippen LogP contribution is 2.32. The molecule has 0 aliphatic heterocycles. The first kappa shape index (κ1) is 19.1. The maximum absolute atomic E-state index is 11.5. The summed E-state index contributed by atoms with van der Waals surface area (Å²) in [5.41, 5.74) is 3.19. The highest BCUT2D eigenvalue weighted by atomic mass is 16.4. The van der Waals surface area contributed by atoms with Crippen LogP contribution in [0.5, 0.6) is 0 Å². The predicted octanol–water partition coefficient (Wildman–Crippen LogP) is 5.65. The number of rotatable bonds is 5. The molecule has 4 rings (SSSR count). The number of aliphatic imine (C=N–C) groups is 1. The zero-order valence-corrected chi connectivity index (χ0v) is 15.8. The molecule has 0 atom stereocenters. The van der Waals surface area contributed by atoms with Gasteiger partial charge in [0.2, 0.25) is 0 Å². The minimum atomic E-state index is -1.04. The minimum absolute atomic E-state index is 0.131. The van der Waals surface area contributed by atoms with Crippen LogP contribution in [0.2, 0.25) is 0 Å². The molecule has 4 aromatic carbocycles. The molecule has 0 unspecified atom stereocenters. The molecule has 0 spiro atoms. The Morgan fingerprint density at radius 1 is 0.733 bits per heavy atom. The lowest BCUT2D eigenvalue weighted by molar-refractivity contribution is 0.0686. The molecule has 146 valence electrons. The zero-order chi connectivity index (χ0) is 21.1. The molecule has 0 heterocycles. The molecule has 0 bridgehead atoms. The van der Waals surface area contributed by atoms with Crippen LogP contribution in [-0.2, 0) is 0 Å². The van der Waals surface area contributed by atoms with E-state index in [-0.39, 0.29) is 11.1 Å². The molecule has 0 saturated carbocycles. The van der Waals surface area contributed by atoms with Gasteiger partial charge < -0.3 is 10.2 Å². The average molecular weight is 395 g/mol. The van der Waals surface area contributed by atoms with Crippen LogP contribution in [0.15, 0.2) is 89.9 Å². The quantitative estimate of drug-likeness (QED) is 0.427. The van der Waals surface area contributed by atoms with Crippen molar-refractivity contribution in [1.82, 2.24) is 0 Å². The lowest BCUT2D eigenvalue weighted by atomic mass is 10.00. The van der Waals surface area contributed by atoms with E-state index in [1.807, 2.05) is 42.5 Å². The van der Waals surface area contributed by atoms with E-state index >= 15 is 0 Å². The molecule has 2 N–H and O–H groups in total. The highest BCUT2D eigenvalue weighted by molar-refractivity contribution is 6.01. The van der Waals surface area contributed by atoms with E-state index in [2.05, 4.69) is 4.99 Å². The van der Waals surface area contributed by atoms with E-state index in [1.165, 1.54) is 24.3 Å². The molecule has 0 radical (unpaired) electrons. The van der Waals surface area contributed by atoms with E-state index in [1.54, 1.807) is 24.4 Å². The largest absolute Gasteiger partial charge is 0.478 e. The number of nitrogens with zero attached hydrogens (tertiary/aromatic N) is 1. The van der Waals surface area contributed by atoms with Gasteiger partial charge in [-0.1, -0.05) is 60.7 Å². The smallest absolute Gasteiger partial charge is 0.335 e. The third-order valence-corrected chi connectivity index (χ3v) is 4.85. The van der Waals surface area contributed by atoms with Crippen LogP contribution in [0.1, 0.15) is 26.3 Å². The van der Waals surface area contributed by atoms with Gasteiger partial charge in [0.25, 0.3) is 0 Å². The molecule has 0 aliphatic carbocycles. The normalized spacial score (nSPS) is 11.1. The van der Waals surface area contributed by atoms with E-state index < -0.39 is 11.9 Å². The van der Waals surface area contributed by atoms with Crippen molar-refractivity contribution in [3.63, 3.8) is 0 Å². The molecule has 0 aromatic heterocycles. The Kier molecular flexibility index (Phi) is 5.09. The van der Waals surface area contributed by atoms with Gasteiger partial charge in [-0.3, -0.25) is 4.99 Å².